The quantitative estimate of drug-likeness (QED) is 0.0195. The molecule has 10 heteroatoms. The molecule has 96 heavy (non-hydrogen) atoms. The SMILES string of the molecule is CC/C=C\C/C=C\C/C=C\C/C=C\C/C=C\C/C=C\C/C=C\CCCCCCCCCCCCCCCCCCCCCC(=O)OC(COC(=O)CCCCCCCCCCCCCCCCCC/C=C\C/C=C\C/C=C\CCCCCCC)COP(=O)([O-])OCC[N+](C)(C)C. The van der Waals surface area contributed by atoms with Crippen molar-refractivity contribution in [3.8, 4) is 0 Å². The first-order chi connectivity index (χ1) is 47.0. The highest BCUT2D eigenvalue weighted by molar-refractivity contribution is 7.45. The minimum atomic E-state index is -4.65. The molecule has 0 spiro atoms. The Morgan fingerprint density at radius 2 is 0.594 bits per heavy atom. The van der Waals surface area contributed by atoms with Gasteiger partial charge in [-0.1, -0.05) is 360 Å². The molecular weight excluding hydrogens is 1210 g/mol. The fraction of sp³-hybridized carbons (Fsp3) is 0.744. The van der Waals surface area contributed by atoms with E-state index in [1.165, 1.54) is 231 Å². The van der Waals surface area contributed by atoms with Crippen LogP contribution in [0.15, 0.2) is 122 Å². The maximum atomic E-state index is 12.9. The Bertz CT molecular complexity index is 2040. The van der Waals surface area contributed by atoms with Crippen LogP contribution < -0.4 is 4.89 Å². The molecule has 2 atom stereocenters. The predicted molar refractivity (Wildman–Crippen MR) is 415 cm³/mol. The highest BCUT2D eigenvalue weighted by Crippen LogP contribution is 2.38. The number of nitrogens with zero attached hydrogens (tertiary/aromatic N) is 1. The number of hydrogen-bond acceptors (Lipinski definition) is 8. The standard InChI is InChI=1S/C86H152NO8P/c1-6-8-10-12-14-16-18-20-22-24-26-28-30-32-34-36-38-39-40-41-42-43-44-45-46-47-49-51-53-55-57-59-61-63-65-67-69-71-73-75-77-79-86(89)95-84(83-94-96(90,91)93-81-80-87(3,4)5)82-92-85(88)78-76-74-72-70-68-66-64-62-60-58-56-54-52-50-48-37-35-33-31-29-27-25-23-21-19-17-15-13-11-9-7-2/h8,10,14,16,19-22,25-28,31-34,38-39,41-42,84H,6-7,9,11-13,15,17-18,23-24,29-30,35-37,40,43-83H2,1-5H3/b10-8-,16-14-,21-19-,22-20-,27-25-,28-26-,33-31-,34-32-,39-38-,42-41-. The first-order valence-electron chi connectivity index (χ1n) is 40.2. The summed E-state index contributed by atoms with van der Waals surface area (Å²) in [6.45, 7) is 4.15. The van der Waals surface area contributed by atoms with Crippen molar-refractivity contribution in [3.05, 3.63) is 122 Å². The molecule has 0 saturated heterocycles. The lowest BCUT2D eigenvalue weighted by Gasteiger charge is -2.28. The predicted octanol–water partition coefficient (Wildman–Crippen LogP) is 26.3. The van der Waals surface area contributed by atoms with E-state index in [-0.39, 0.29) is 32.0 Å². The Balaban J connectivity index is 3.96. The van der Waals surface area contributed by atoms with Gasteiger partial charge in [-0.15, -0.1) is 0 Å². The van der Waals surface area contributed by atoms with E-state index in [1.54, 1.807) is 0 Å². The zero-order chi connectivity index (χ0) is 69.7. The van der Waals surface area contributed by atoms with Crippen molar-refractivity contribution in [2.24, 2.45) is 0 Å². The van der Waals surface area contributed by atoms with E-state index < -0.39 is 26.5 Å². The van der Waals surface area contributed by atoms with Crippen LogP contribution in [0.3, 0.4) is 0 Å². The molecule has 0 aromatic heterocycles. The van der Waals surface area contributed by atoms with Crippen molar-refractivity contribution < 1.29 is 42.1 Å². The largest absolute Gasteiger partial charge is 0.756 e. The second kappa shape index (κ2) is 75.6. The van der Waals surface area contributed by atoms with Crippen molar-refractivity contribution in [2.45, 2.75) is 367 Å². The molecule has 0 aliphatic carbocycles. The molecule has 0 aromatic rings. The summed E-state index contributed by atoms with van der Waals surface area (Å²) in [5.74, 6) is -0.821. The Morgan fingerprint density at radius 1 is 0.333 bits per heavy atom. The number of hydrogen-bond donors (Lipinski definition) is 0. The third kappa shape index (κ3) is 79.4. The third-order valence-corrected chi connectivity index (χ3v) is 18.4. The van der Waals surface area contributed by atoms with E-state index in [0.29, 0.717) is 17.4 Å². The smallest absolute Gasteiger partial charge is 0.306 e. The molecule has 0 aliphatic heterocycles. The maximum absolute atomic E-state index is 12.9. The second-order valence-electron chi connectivity index (χ2n) is 28.0. The van der Waals surface area contributed by atoms with Crippen molar-refractivity contribution in [1.82, 2.24) is 0 Å². The molecule has 2 unspecified atom stereocenters. The van der Waals surface area contributed by atoms with Gasteiger partial charge in [-0.2, -0.15) is 0 Å². The number of ether oxygens (including phenoxy) is 2. The van der Waals surface area contributed by atoms with E-state index in [1.807, 2.05) is 21.1 Å². The fourth-order valence-corrected chi connectivity index (χ4v) is 12.1. The number of carbonyl (C=O) groups excluding carboxylic acids is 2. The fourth-order valence-electron chi connectivity index (χ4n) is 11.4. The lowest BCUT2D eigenvalue weighted by Crippen LogP contribution is -2.37. The maximum Gasteiger partial charge on any atom is 0.306 e. The molecule has 0 aliphatic rings. The van der Waals surface area contributed by atoms with E-state index in [4.69, 9.17) is 18.5 Å². The van der Waals surface area contributed by atoms with E-state index >= 15 is 0 Å². The molecule has 0 N–H and O–H groups in total. The summed E-state index contributed by atoms with van der Waals surface area (Å²) in [5.41, 5.74) is 0. The van der Waals surface area contributed by atoms with Crippen LogP contribution in [0, 0.1) is 0 Å². The lowest BCUT2D eigenvalue weighted by atomic mass is 10.0. The first-order valence-corrected chi connectivity index (χ1v) is 41.7. The Labute approximate surface area is 594 Å². The molecule has 9 nitrogen and oxygen atoms in total. The molecule has 0 bridgehead atoms. The number of carbonyl (C=O) groups is 2. The average molecular weight is 1360 g/mol. The Kier molecular flexibility index (Phi) is 72.8. The molecule has 0 rings (SSSR count). The van der Waals surface area contributed by atoms with Crippen LogP contribution in [0.5, 0.6) is 0 Å². The van der Waals surface area contributed by atoms with Gasteiger partial charge >= 0.3 is 11.9 Å². The van der Waals surface area contributed by atoms with Crippen molar-refractivity contribution >= 4 is 19.8 Å². The van der Waals surface area contributed by atoms with E-state index in [2.05, 4.69) is 135 Å². The van der Waals surface area contributed by atoms with Crippen LogP contribution in [-0.4, -0.2) is 70.0 Å². The van der Waals surface area contributed by atoms with Gasteiger partial charge in [0.1, 0.15) is 19.8 Å². The summed E-state index contributed by atoms with van der Waals surface area (Å²) in [6.07, 6.45) is 109. The third-order valence-electron chi connectivity index (χ3n) is 17.5. The molecule has 0 amide bonds. The van der Waals surface area contributed by atoms with Gasteiger partial charge < -0.3 is 27.9 Å². The van der Waals surface area contributed by atoms with Gasteiger partial charge in [0.15, 0.2) is 6.10 Å². The van der Waals surface area contributed by atoms with E-state index in [9.17, 15) is 19.0 Å². The van der Waals surface area contributed by atoms with Gasteiger partial charge in [0, 0.05) is 12.8 Å². The van der Waals surface area contributed by atoms with Gasteiger partial charge in [0.05, 0.1) is 27.7 Å². The molecule has 554 valence electrons. The van der Waals surface area contributed by atoms with Crippen molar-refractivity contribution in [2.75, 3.05) is 47.5 Å². The van der Waals surface area contributed by atoms with Gasteiger partial charge in [0.25, 0.3) is 7.82 Å². The minimum Gasteiger partial charge on any atom is -0.756 e. The normalized spacial score (nSPS) is 13.7. The number of unbranched alkanes of at least 4 members (excludes halogenated alkanes) is 40. The average Bonchev–Trinajstić information content (AvgIpc) is 2.54. The lowest BCUT2D eigenvalue weighted by molar-refractivity contribution is -0.870. The number of quaternary nitrogens is 1. The molecule has 0 heterocycles. The minimum absolute atomic E-state index is 0.0325. The first kappa shape index (κ1) is 92.4. The summed E-state index contributed by atoms with van der Waals surface area (Å²) >= 11 is 0. The van der Waals surface area contributed by atoms with Gasteiger partial charge in [-0.3, -0.25) is 14.2 Å². The van der Waals surface area contributed by atoms with Crippen LogP contribution in [0.4, 0.5) is 0 Å². The number of likely N-dealkylation sites (N-methyl/N-ethyl adjacent to an activating group) is 1. The highest BCUT2D eigenvalue weighted by Gasteiger charge is 2.22. The van der Waals surface area contributed by atoms with Crippen LogP contribution >= 0.6 is 7.82 Å². The molecule has 0 radical (unpaired) electrons. The Hall–Kier alpha value is -3.59. The van der Waals surface area contributed by atoms with Gasteiger partial charge in [-0.25, -0.2) is 0 Å². The number of allylic oxidation sites excluding steroid dienone is 20. The van der Waals surface area contributed by atoms with Crippen molar-refractivity contribution in [1.29, 1.82) is 0 Å². The molecule has 0 saturated carbocycles. The molecule has 0 aromatic carbocycles. The number of rotatable bonds is 74. The highest BCUT2D eigenvalue weighted by atomic mass is 31.2. The molecule has 0 fully saturated rings. The number of esters is 2. The topological polar surface area (TPSA) is 111 Å². The zero-order valence-corrected chi connectivity index (χ0v) is 64.2. The number of phosphoric acid groups is 1. The molecular formula is C86H152NO8P. The summed E-state index contributed by atoms with van der Waals surface area (Å²) in [6, 6.07) is 0. The van der Waals surface area contributed by atoms with E-state index in [0.717, 1.165) is 96.3 Å². The van der Waals surface area contributed by atoms with Crippen LogP contribution in [0.2, 0.25) is 0 Å². The second-order valence-corrected chi connectivity index (χ2v) is 29.5. The van der Waals surface area contributed by atoms with Gasteiger partial charge in [0.2, 0.25) is 0 Å². The zero-order valence-electron chi connectivity index (χ0n) is 63.3. The monoisotopic (exact) mass is 1360 g/mol. The van der Waals surface area contributed by atoms with Crippen LogP contribution in [0.1, 0.15) is 361 Å². The summed E-state index contributed by atoms with van der Waals surface area (Å²) in [4.78, 5) is 38.2. The van der Waals surface area contributed by atoms with Crippen LogP contribution in [-0.2, 0) is 32.7 Å². The van der Waals surface area contributed by atoms with Crippen molar-refractivity contribution in [3.63, 3.8) is 0 Å². The Morgan fingerprint density at radius 3 is 0.885 bits per heavy atom. The number of phosphoric ester groups is 1. The summed E-state index contributed by atoms with van der Waals surface area (Å²) in [5, 5.41) is 0. The summed E-state index contributed by atoms with van der Waals surface area (Å²) < 4.78 is 34.4. The van der Waals surface area contributed by atoms with Crippen LogP contribution in [0.25, 0.3) is 0 Å². The summed E-state index contributed by atoms with van der Waals surface area (Å²) in [7, 11) is 1.17. The van der Waals surface area contributed by atoms with Gasteiger partial charge in [-0.05, 0) is 109 Å².